The number of anilines is 2. The van der Waals surface area contributed by atoms with Crippen LogP contribution in [-0.4, -0.2) is 54.4 Å². The molecule has 1 saturated heterocycles. The van der Waals surface area contributed by atoms with Crippen LogP contribution < -0.4 is 20.3 Å². The third kappa shape index (κ3) is 3.59. The fourth-order valence-corrected chi connectivity index (χ4v) is 5.85. The van der Waals surface area contributed by atoms with Crippen molar-refractivity contribution in [2.75, 3.05) is 43.5 Å². The number of nitrogens with zero attached hydrogens (tertiary/aromatic N) is 3. The second-order valence-corrected chi connectivity index (χ2v) is 10.0. The fraction of sp³-hybridized carbons (Fsp3) is 0.276. The van der Waals surface area contributed by atoms with E-state index in [1.54, 1.807) is 7.11 Å². The largest absolute Gasteiger partial charge is 0.497 e. The van der Waals surface area contributed by atoms with Crippen LogP contribution in [0.2, 0.25) is 0 Å². The van der Waals surface area contributed by atoms with E-state index in [1.165, 1.54) is 0 Å². The summed E-state index contributed by atoms with van der Waals surface area (Å²) in [7, 11) is 1.65. The average Bonchev–Trinajstić information content (AvgIpc) is 3.49. The van der Waals surface area contributed by atoms with Gasteiger partial charge in [-0.15, -0.1) is 0 Å². The molecule has 186 valence electrons. The van der Waals surface area contributed by atoms with Crippen LogP contribution in [0.25, 0.3) is 23.1 Å². The highest BCUT2D eigenvalue weighted by molar-refractivity contribution is 6.10. The molecule has 2 aliphatic heterocycles. The minimum atomic E-state index is -0.510. The normalized spacial score (nSPS) is 22.6. The quantitative estimate of drug-likeness (QED) is 0.391. The lowest BCUT2D eigenvalue weighted by molar-refractivity contribution is -0.118. The van der Waals surface area contributed by atoms with E-state index in [0.717, 1.165) is 83.1 Å². The maximum atomic E-state index is 13.0. The summed E-state index contributed by atoms with van der Waals surface area (Å²) in [5.41, 5.74) is 5.44. The van der Waals surface area contributed by atoms with Gasteiger partial charge in [-0.05, 0) is 65.6 Å². The van der Waals surface area contributed by atoms with E-state index in [-0.39, 0.29) is 11.8 Å². The van der Waals surface area contributed by atoms with Crippen molar-refractivity contribution in [2.45, 2.75) is 17.8 Å². The van der Waals surface area contributed by atoms with Crippen molar-refractivity contribution in [1.82, 2.24) is 20.5 Å². The molecule has 1 spiro atoms. The number of nitrogens with one attached hydrogen (secondary N) is 3. The number of aromatic nitrogens is 3. The second-order valence-electron chi connectivity index (χ2n) is 10.0. The number of piperazine rings is 1. The predicted octanol–water partition coefficient (Wildman–Crippen LogP) is 3.92. The molecule has 37 heavy (non-hydrogen) atoms. The van der Waals surface area contributed by atoms with Crippen molar-refractivity contribution < 1.29 is 9.53 Å². The number of carbonyl (C=O) groups excluding carboxylic acids is 1. The van der Waals surface area contributed by atoms with Crippen molar-refractivity contribution in [3.05, 3.63) is 77.1 Å². The van der Waals surface area contributed by atoms with Crippen LogP contribution in [-0.2, 0) is 10.2 Å². The van der Waals surface area contributed by atoms with Crippen LogP contribution in [0.5, 0.6) is 5.75 Å². The predicted molar refractivity (Wildman–Crippen MR) is 145 cm³/mol. The van der Waals surface area contributed by atoms with Crippen LogP contribution in [0.3, 0.4) is 0 Å². The van der Waals surface area contributed by atoms with Gasteiger partial charge in [0.15, 0.2) is 0 Å². The third-order valence-corrected chi connectivity index (χ3v) is 7.99. The molecule has 0 radical (unpaired) electrons. The Hall–Kier alpha value is -4.17. The molecule has 2 fully saturated rings. The number of hydrogen-bond donors (Lipinski definition) is 3. The monoisotopic (exact) mass is 492 g/mol. The molecule has 8 nitrogen and oxygen atoms in total. The highest BCUT2D eigenvalue weighted by atomic mass is 16.5. The number of amides is 1. The van der Waals surface area contributed by atoms with Crippen molar-refractivity contribution >= 4 is 40.5 Å². The molecule has 1 saturated carbocycles. The molecule has 1 amide bonds. The molecule has 3 N–H and O–H groups in total. The van der Waals surface area contributed by atoms with E-state index >= 15 is 0 Å². The van der Waals surface area contributed by atoms with Gasteiger partial charge in [0.25, 0.3) is 0 Å². The highest BCUT2D eigenvalue weighted by Gasteiger charge is 2.65. The highest BCUT2D eigenvalue weighted by Crippen LogP contribution is 2.65. The summed E-state index contributed by atoms with van der Waals surface area (Å²) >= 11 is 0. The molecule has 1 aliphatic carbocycles. The van der Waals surface area contributed by atoms with Crippen molar-refractivity contribution in [3.63, 3.8) is 0 Å². The van der Waals surface area contributed by atoms with Gasteiger partial charge in [0.1, 0.15) is 11.6 Å². The lowest BCUT2D eigenvalue weighted by atomic mass is 9.91. The van der Waals surface area contributed by atoms with Gasteiger partial charge in [-0.1, -0.05) is 18.2 Å². The van der Waals surface area contributed by atoms with Crippen molar-refractivity contribution in [1.29, 1.82) is 0 Å². The minimum Gasteiger partial charge on any atom is -0.497 e. The molecule has 2 atom stereocenters. The van der Waals surface area contributed by atoms with E-state index in [9.17, 15) is 4.79 Å². The van der Waals surface area contributed by atoms with Crippen LogP contribution in [0.4, 0.5) is 11.5 Å². The SMILES string of the molecule is COc1ccc2c(c1)C1(CC1c1ccc3c(/C=C/c4ccc(N5CCNCC5)nc4)n[nH]c3c1)C(=O)N2. The summed E-state index contributed by atoms with van der Waals surface area (Å²) in [5, 5.41) is 15.2. The molecule has 3 aliphatic rings. The van der Waals surface area contributed by atoms with Gasteiger partial charge in [-0.25, -0.2) is 4.98 Å². The molecular formula is C29H28N6O2. The van der Waals surface area contributed by atoms with Crippen LogP contribution in [0.1, 0.15) is 34.7 Å². The Bertz CT molecular complexity index is 1540. The zero-order valence-electron chi connectivity index (χ0n) is 20.6. The number of H-pyrrole nitrogens is 1. The van der Waals surface area contributed by atoms with Gasteiger partial charge < -0.3 is 20.3 Å². The summed E-state index contributed by atoms with van der Waals surface area (Å²) in [6.45, 7) is 3.95. The lowest BCUT2D eigenvalue weighted by Crippen LogP contribution is -2.43. The van der Waals surface area contributed by atoms with E-state index in [0.29, 0.717) is 0 Å². The van der Waals surface area contributed by atoms with E-state index in [2.05, 4.69) is 61.0 Å². The first kappa shape index (κ1) is 22.1. The Kier molecular flexibility index (Phi) is 5.04. The lowest BCUT2D eigenvalue weighted by Gasteiger charge is -2.28. The zero-order chi connectivity index (χ0) is 25.0. The molecule has 2 unspecified atom stereocenters. The molecule has 0 bridgehead atoms. The van der Waals surface area contributed by atoms with Crippen LogP contribution in [0.15, 0.2) is 54.7 Å². The van der Waals surface area contributed by atoms with Crippen LogP contribution >= 0.6 is 0 Å². The Balaban J connectivity index is 1.11. The van der Waals surface area contributed by atoms with Crippen molar-refractivity contribution in [2.24, 2.45) is 0 Å². The van der Waals surface area contributed by atoms with E-state index in [4.69, 9.17) is 4.74 Å². The summed E-state index contributed by atoms with van der Waals surface area (Å²) in [6, 6.07) is 16.4. The number of carbonyl (C=O) groups is 1. The number of methoxy groups -OCH3 is 1. The molecule has 4 aromatic rings. The smallest absolute Gasteiger partial charge is 0.235 e. The number of aromatic amines is 1. The molecule has 8 heteroatoms. The molecular weight excluding hydrogens is 464 g/mol. The maximum absolute atomic E-state index is 13.0. The number of pyridine rings is 1. The van der Waals surface area contributed by atoms with Gasteiger partial charge in [0.2, 0.25) is 5.91 Å². The summed E-state index contributed by atoms with van der Waals surface area (Å²) in [5.74, 6) is 2.00. The molecule has 7 rings (SSSR count). The number of fused-ring (bicyclic) bond motifs is 3. The Morgan fingerprint density at radius 2 is 1.97 bits per heavy atom. The summed E-state index contributed by atoms with van der Waals surface area (Å²) in [4.78, 5) is 20.0. The van der Waals surface area contributed by atoms with E-state index < -0.39 is 5.41 Å². The van der Waals surface area contributed by atoms with Crippen LogP contribution in [0, 0.1) is 0 Å². The topological polar surface area (TPSA) is 95.2 Å². The number of hydrogen-bond acceptors (Lipinski definition) is 6. The Morgan fingerprint density at radius 3 is 2.78 bits per heavy atom. The van der Waals surface area contributed by atoms with Gasteiger partial charge in [0, 0.05) is 49.4 Å². The van der Waals surface area contributed by atoms with Gasteiger partial charge in [-0.3, -0.25) is 9.89 Å². The van der Waals surface area contributed by atoms with Gasteiger partial charge >= 0.3 is 0 Å². The summed E-state index contributed by atoms with van der Waals surface area (Å²) in [6.07, 6.45) is 6.77. The first-order chi connectivity index (χ1) is 18.2. The maximum Gasteiger partial charge on any atom is 0.235 e. The fourth-order valence-electron chi connectivity index (χ4n) is 5.85. The van der Waals surface area contributed by atoms with Gasteiger partial charge in [0.05, 0.1) is 23.7 Å². The standard InChI is InChI=1S/C29H28N6O2/c1-37-20-5-8-25-22(15-20)29(28(36)32-25)16-23(29)19-4-6-21-24(33-34-26(21)14-19)7-2-18-3-9-27(31-17-18)35-12-10-30-11-13-35/h2-9,14-15,17,23,30H,10-13,16H2,1H3,(H,32,36)(H,33,34)/b7-2+. The Morgan fingerprint density at radius 1 is 1.08 bits per heavy atom. The number of benzene rings is 2. The molecule has 2 aromatic carbocycles. The first-order valence-corrected chi connectivity index (χ1v) is 12.7. The first-order valence-electron chi connectivity index (χ1n) is 12.7. The van der Waals surface area contributed by atoms with Crippen molar-refractivity contribution in [3.8, 4) is 5.75 Å². The third-order valence-electron chi connectivity index (χ3n) is 7.99. The molecule has 4 heterocycles. The number of ether oxygens (including phenoxy) is 1. The van der Waals surface area contributed by atoms with E-state index in [1.807, 2.05) is 36.5 Å². The zero-order valence-corrected chi connectivity index (χ0v) is 20.6. The average molecular weight is 493 g/mol. The molecule has 2 aromatic heterocycles. The Labute approximate surface area is 214 Å². The second kappa shape index (κ2) is 8.45. The summed E-state index contributed by atoms with van der Waals surface area (Å²) < 4.78 is 5.42. The van der Waals surface area contributed by atoms with Gasteiger partial charge in [-0.2, -0.15) is 5.10 Å². The minimum absolute atomic E-state index is 0.0747. The number of rotatable bonds is 5.